The number of primary amides is 1. The van der Waals surface area contributed by atoms with Crippen LogP contribution >= 0.6 is 0 Å². The van der Waals surface area contributed by atoms with Crippen molar-refractivity contribution >= 4 is 11.8 Å². The maximum absolute atomic E-state index is 11.7. The Hall–Kier alpha value is -1.10. The fraction of sp³-hybridized carbons (Fsp3) is 0.778. The largest absolute Gasteiger partial charge is 0.368 e. The summed E-state index contributed by atoms with van der Waals surface area (Å²) in [6.45, 7) is 0.873. The van der Waals surface area contributed by atoms with E-state index < -0.39 is 5.91 Å². The molecule has 1 aliphatic rings. The van der Waals surface area contributed by atoms with Crippen LogP contribution in [0.5, 0.6) is 0 Å². The number of amides is 2. The van der Waals surface area contributed by atoms with E-state index in [0.29, 0.717) is 0 Å². The molecule has 5 heteroatoms. The van der Waals surface area contributed by atoms with E-state index in [2.05, 4.69) is 5.32 Å². The third-order valence-corrected chi connectivity index (χ3v) is 2.38. The van der Waals surface area contributed by atoms with E-state index >= 15 is 0 Å². The predicted molar refractivity (Wildman–Crippen MR) is 52.5 cm³/mol. The van der Waals surface area contributed by atoms with E-state index in [1.165, 1.54) is 4.90 Å². The van der Waals surface area contributed by atoms with Gasteiger partial charge < -0.3 is 16.0 Å². The van der Waals surface area contributed by atoms with Crippen LogP contribution in [0.4, 0.5) is 0 Å². The minimum Gasteiger partial charge on any atom is -0.368 e. The summed E-state index contributed by atoms with van der Waals surface area (Å²) in [4.78, 5) is 23.7. The number of carbonyl (C=O) groups is 2. The summed E-state index contributed by atoms with van der Waals surface area (Å²) in [5.41, 5.74) is 5.01. The summed E-state index contributed by atoms with van der Waals surface area (Å²) in [6, 6.07) is -0.131. The van der Waals surface area contributed by atoms with Crippen molar-refractivity contribution in [2.45, 2.75) is 25.3 Å². The zero-order chi connectivity index (χ0) is 10.6. The summed E-state index contributed by atoms with van der Waals surface area (Å²) in [5, 5.41) is 3.13. The minimum atomic E-state index is -0.475. The lowest BCUT2D eigenvalue weighted by molar-refractivity contribution is -0.136. The molecule has 0 spiro atoms. The maximum Gasteiger partial charge on any atom is 0.239 e. The van der Waals surface area contributed by atoms with Gasteiger partial charge in [-0.1, -0.05) is 6.42 Å². The summed E-state index contributed by atoms with van der Waals surface area (Å²) in [7, 11) is 1.60. The van der Waals surface area contributed by atoms with Gasteiger partial charge in [0.15, 0.2) is 0 Å². The molecule has 1 aliphatic heterocycles. The molecule has 0 aromatic heterocycles. The zero-order valence-electron chi connectivity index (χ0n) is 8.45. The average Bonchev–Trinajstić information content (AvgIpc) is 2.17. The van der Waals surface area contributed by atoms with Crippen LogP contribution in [0.1, 0.15) is 19.3 Å². The lowest BCUT2D eigenvalue weighted by Crippen LogP contribution is -2.49. The molecule has 0 radical (unpaired) electrons. The molecule has 80 valence electrons. The van der Waals surface area contributed by atoms with E-state index in [-0.39, 0.29) is 18.5 Å². The number of hydrogen-bond donors (Lipinski definition) is 2. The van der Waals surface area contributed by atoms with Crippen LogP contribution in [0.25, 0.3) is 0 Å². The highest BCUT2D eigenvalue weighted by atomic mass is 16.2. The summed E-state index contributed by atoms with van der Waals surface area (Å²) in [6.07, 6.45) is 3.03. The molecule has 3 N–H and O–H groups in total. The first kappa shape index (κ1) is 11.0. The Kier molecular flexibility index (Phi) is 3.88. The molecule has 0 aromatic carbocycles. The molecule has 2 amide bonds. The zero-order valence-corrected chi connectivity index (χ0v) is 8.45. The topological polar surface area (TPSA) is 75.4 Å². The van der Waals surface area contributed by atoms with Crippen molar-refractivity contribution in [3.05, 3.63) is 0 Å². The molecule has 0 aliphatic carbocycles. The molecule has 1 heterocycles. The van der Waals surface area contributed by atoms with Gasteiger partial charge in [-0.2, -0.15) is 0 Å². The quantitative estimate of drug-likeness (QED) is 0.616. The fourth-order valence-electron chi connectivity index (χ4n) is 1.64. The number of carbonyl (C=O) groups excluding carboxylic acids is 2. The van der Waals surface area contributed by atoms with Gasteiger partial charge in [-0.05, 0) is 19.4 Å². The van der Waals surface area contributed by atoms with Gasteiger partial charge in [0.05, 0.1) is 12.6 Å². The van der Waals surface area contributed by atoms with Crippen molar-refractivity contribution in [1.82, 2.24) is 10.2 Å². The molecule has 1 saturated heterocycles. The fourth-order valence-corrected chi connectivity index (χ4v) is 1.64. The van der Waals surface area contributed by atoms with Crippen LogP contribution < -0.4 is 11.1 Å². The van der Waals surface area contributed by atoms with E-state index in [0.717, 1.165) is 25.8 Å². The monoisotopic (exact) mass is 199 g/mol. The number of nitrogens with one attached hydrogen (secondary N) is 1. The van der Waals surface area contributed by atoms with Gasteiger partial charge in [0, 0.05) is 7.05 Å². The molecule has 1 atom stereocenters. The van der Waals surface area contributed by atoms with Gasteiger partial charge >= 0.3 is 0 Å². The Morgan fingerprint density at radius 2 is 2.21 bits per heavy atom. The second-order valence-electron chi connectivity index (χ2n) is 3.66. The molecule has 0 unspecified atom stereocenters. The highest BCUT2D eigenvalue weighted by molar-refractivity contribution is 5.86. The molecule has 0 bridgehead atoms. The molecule has 14 heavy (non-hydrogen) atoms. The Labute approximate surface area is 83.6 Å². The van der Waals surface area contributed by atoms with E-state index in [1.54, 1.807) is 7.05 Å². The minimum absolute atomic E-state index is 0.00296. The van der Waals surface area contributed by atoms with Gasteiger partial charge in [-0.15, -0.1) is 0 Å². The number of rotatable bonds is 3. The van der Waals surface area contributed by atoms with Crippen LogP contribution in [0, 0.1) is 0 Å². The van der Waals surface area contributed by atoms with Crippen molar-refractivity contribution in [2.24, 2.45) is 5.73 Å². The van der Waals surface area contributed by atoms with Gasteiger partial charge in [0.25, 0.3) is 0 Å². The van der Waals surface area contributed by atoms with Crippen LogP contribution in [-0.4, -0.2) is 42.9 Å². The van der Waals surface area contributed by atoms with Crippen molar-refractivity contribution in [3.63, 3.8) is 0 Å². The molecule has 5 nitrogen and oxygen atoms in total. The number of nitrogens with zero attached hydrogens (tertiary/aromatic N) is 1. The smallest absolute Gasteiger partial charge is 0.239 e. The van der Waals surface area contributed by atoms with Crippen LogP contribution in [0.15, 0.2) is 0 Å². The van der Waals surface area contributed by atoms with E-state index in [9.17, 15) is 9.59 Å². The second-order valence-corrected chi connectivity index (χ2v) is 3.66. The molecule has 0 aromatic rings. The Morgan fingerprint density at radius 3 is 2.71 bits per heavy atom. The molecule has 1 rings (SSSR count). The first-order valence-electron chi connectivity index (χ1n) is 4.88. The standard InChI is InChI=1S/C9H17N3O2/c1-12(6-8(10)13)9(14)7-4-2-3-5-11-7/h7,11H,2-6H2,1H3,(H2,10,13)/t7-/m1/s1. The lowest BCUT2D eigenvalue weighted by Gasteiger charge is -2.26. The number of nitrogens with two attached hydrogens (primary N) is 1. The molecule has 0 saturated carbocycles. The normalized spacial score (nSPS) is 21.6. The highest BCUT2D eigenvalue weighted by Crippen LogP contribution is 2.08. The summed E-state index contributed by atoms with van der Waals surface area (Å²) < 4.78 is 0. The number of hydrogen-bond acceptors (Lipinski definition) is 3. The first-order valence-corrected chi connectivity index (χ1v) is 4.88. The van der Waals surface area contributed by atoms with E-state index in [4.69, 9.17) is 5.73 Å². The molecular weight excluding hydrogens is 182 g/mol. The highest BCUT2D eigenvalue weighted by Gasteiger charge is 2.23. The maximum atomic E-state index is 11.7. The summed E-state index contributed by atoms with van der Waals surface area (Å²) >= 11 is 0. The van der Waals surface area contributed by atoms with Crippen LogP contribution in [-0.2, 0) is 9.59 Å². The predicted octanol–water partition coefficient (Wildman–Crippen LogP) is -0.928. The van der Waals surface area contributed by atoms with E-state index in [1.807, 2.05) is 0 Å². The first-order chi connectivity index (χ1) is 6.61. The van der Waals surface area contributed by atoms with Crippen molar-refractivity contribution < 1.29 is 9.59 Å². The van der Waals surface area contributed by atoms with Crippen LogP contribution in [0.3, 0.4) is 0 Å². The second kappa shape index (κ2) is 4.95. The average molecular weight is 199 g/mol. The van der Waals surface area contributed by atoms with Crippen molar-refractivity contribution in [1.29, 1.82) is 0 Å². The number of likely N-dealkylation sites (N-methyl/N-ethyl adjacent to an activating group) is 1. The number of piperidine rings is 1. The van der Waals surface area contributed by atoms with Crippen molar-refractivity contribution in [2.75, 3.05) is 20.1 Å². The van der Waals surface area contributed by atoms with Crippen molar-refractivity contribution in [3.8, 4) is 0 Å². The van der Waals surface area contributed by atoms with Gasteiger partial charge in [-0.25, -0.2) is 0 Å². The third kappa shape index (κ3) is 2.99. The summed E-state index contributed by atoms with van der Waals surface area (Å²) in [5.74, 6) is -0.514. The molecular formula is C9H17N3O2. The van der Waals surface area contributed by atoms with Gasteiger partial charge in [0.2, 0.25) is 11.8 Å². The lowest BCUT2D eigenvalue weighted by atomic mass is 10.0. The SMILES string of the molecule is CN(CC(N)=O)C(=O)[C@H]1CCCCN1. The van der Waals surface area contributed by atoms with Gasteiger partial charge in [0.1, 0.15) is 0 Å². The van der Waals surface area contributed by atoms with Crippen LogP contribution in [0.2, 0.25) is 0 Å². The third-order valence-electron chi connectivity index (χ3n) is 2.38. The van der Waals surface area contributed by atoms with Gasteiger partial charge in [-0.3, -0.25) is 9.59 Å². The Balaban J connectivity index is 2.42. The molecule has 1 fully saturated rings. The Bertz CT molecular complexity index is 224. The Morgan fingerprint density at radius 1 is 1.50 bits per heavy atom.